The zero-order chi connectivity index (χ0) is 25.0. The van der Waals surface area contributed by atoms with Crippen molar-refractivity contribution in [2.45, 2.75) is 59.3 Å². The highest BCUT2D eigenvalue weighted by molar-refractivity contribution is 6.60. The number of nitrogens with zero attached hydrogens (tertiary/aromatic N) is 1. The van der Waals surface area contributed by atoms with Gasteiger partial charge in [0, 0.05) is 39.0 Å². The number of rotatable bonds is 20. The molecule has 0 aromatic heterocycles. The molecule has 0 N–H and O–H groups in total. The second kappa shape index (κ2) is 15.1. The van der Waals surface area contributed by atoms with Crippen LogP contribution in [-0.4, -0.2) is 104 Å². The van der Waals surface area contributed by atoms with Gasteiger partial charge in [-0.1, -0.05) is 13.8 Å². The molecule has 34 heavy (non-hydrogen) atoms. The zero-order valence-electron chi connectivity index (χ0n) is 21.4. The number of hydrogen-bond donors (Lipinski definition) is 0. The summed E-state index contributed by atoms with van der Waals surface area (Å²) in [6, 6.07) is 0.661. The molecule has 0 aromatic rings. The standard InChI is InChI=1S/C23H43NO9Si/c1-6-31-34(32-7-2,33-8-3)11-9-10-24(12-18(4)22(25)29-16-20-14-27-20)13-19(5)23(26)30-17-21-15-28-21/h18-21H,6-17H2,1-5H3. The molecule has 10 nitrogen and oxygen atoms in total. The molecule has 2 fully saturated rings. The maximum atomic E-state index is 12.4. The van der Waals surface area contributed by atoms with Gasteiger partial charge in [-0.3, -0.25) is 9.59 Å². The summed E-state index contributed by atoms with van der Waals surface area (Å²) in [7, 11) is -2.76. The highest BCUT2D eigenvalue weighted by Gasteiger charge is 2.40. The third-order valence-electron chi connectivity index (χ3n) is 5.55. The minimum absolute atomic E-state index is 0.0336. The van der Waals surface area contributed by atoms with E-state index in [9.17, 15) is 9.59 Å². The molecular formula is C23H43NO9Si. The van der Waals surface area contributed by atoms with E-state index in [1.807, 2.05) is 34.6 Å². The van der Waals surface area contributed by atoms with Gasteiger partial charge in [0.25, 0.3) is 0 Å². The van der Waals surface area contributed by atoms with Crippen LogP contribution in [0.3, 0.4) is 0 Å². The largest absolute Gasteiger partial charge is 0.500 e. The van der Waals surface area contributed by atoms with E-state index in [1.165, 1.54) is 0 Å². The Balaban J connectivity index is 1.92. The second-order valence-corrected chi connectivity index (χ2v) is 11.6. The molecule has 0 amide bonds. The second-order valence-electron chi connectivity index (χ2n) is 8.82. The molecular weight excluding hydrogens is 462 g/mol. The normalized spacial score (nSPS) is 21.2. The van der Waals surface area contributed by atoms with Gasteiger partial charge in [-0.15, -0.1) is 0 Å². The molecule has 4 atom stereocenters. The SMILES string of the molecule is CCO[Si](CCCN(CC(C)C(=O)OCC1CO1)CC(C)C(=O)OCC1CO1)(OCC)OCC. The molecule has 2 heterocycles. The van der Waals surface area contributed by atoms with E-state index in [2.05, 4.69) is 4.90 Å². The first-order valence-electron chi connectivity index (χ1n) is 12.5. The Labute approximate surface area is 204 Å². The molecule has 11 heteroatoms. The maximum absolute atomic E-state index is 12.4. The summed E-state index contributed by atoms with van der Waals surface area (Å²) >= 11 is 0. The van der Waals surface area contributed by atoms with Crippen LogP contribution in [0.15, 0.2) is 0 Å². The number of carbonyl (C=O) groups is 2. The Morgan fingerprint density at radius 1 is 0.853 bits per heavy atom. The van der Waals surface area contributed by atoms with E-state index >= 15 is 0 Å². The lowest BCUT2D eigenvalue weighted by molar-refractivity contribution is -0.150. The topological polar surface area (TPSA) is 109 Å². The van der Waals surface area contributed by atoms with Gasteiger partial charge < -0.3 is 37.1 Å². The fraction of sp³-hybridized carbons (Fsp3) is 0.913. The van der Waals surface area contributed by atoms with Gasteiger partial charge in [0.2, 0.25) is 0 Å². The molecule has 0 aliphatic carbocycles. The fourth-order valence-corrected chi connectivity index (χ4v) is 6.26. The van der Waals surface area contributed by atoms with Crippen LogP contribution in [0.25, 0.3) is 0 Å². The summed E-state index contributed by atoms with van der Waals surface area (Å²) in [5.41, 5.74) is 0. The van der Waals surface area contributed by atoms with E-state index in [1.54, 1.807) is 0 Å². The van der Waals surface area contributed by atoms with Gasteiger partial charge in [0.05, 0.1) is 25.0 Å². The van der Waals surface area contributed by atoms with Crippen molar-refractivity contribution in [2.75, 3.05) is 65.9 Å². The zero-order valence-corrected chi connectivity index (χ0v) is 22.4. The Morgan fingerprint density at radius 2 is 1.26 bits per heavy atom. The highest BCUT2D eigenvalue weighted by atomic mass is 28.4. The molecule has 2 saturated heterocycles. The first-order chi connectivity index (χ1) is 16.3. The average molecular weight is 506 g/mol. The van der Waals surface area contributed by atoms with Crippen molar-refractivity contribution >= 4 is 20.7 Å². The Bertz CT molecular complexity index is 562. The molecule has 0 aromatic carbocycles. The lowest BCUT2D eigenvalue weighted by Crippen LogP contribution is -2.47. The summed E-state index contributed by atoms with van der Waals surface area (Å²) in [4.78, 5) is 27.0. The molecule has 2 aliphatic heterocycles. The predicted octanol–water partition coefficient (Wildman–Crippen LogP) is 1.88. The quantitative estimate of drug-likeness (QED) is 0.138. The molecule has 4 unspecified atom stereocenters. The van der Waals surface area contributed by atoms with E-state index in [0.717, 1.165) is 6.42 Å². The lowest BCUT2D eigenvalue weighted by Gasteiger charge is -2.31. The van der Waals surface area contributed by atoms with Crippen molar-refractivity contribution < 1.29 is 41.8 Å². The predicted molar refractivity (Wildman–Crippen MR) is 126 cm³/mol. The molecule has 2 aliphatic rings. The first kappa shape index (κ1) is 29.1. The van der Waals surface area contributed by atoms with Crippen LogP contribution in [0.1, 0.15) is 41.0 Å². The van der Waals surface area contributed by atoms with Gasteiger partial charge >= 0.3 is 20.7 Å². The summed E-state index contributed by atoms with van der Waals surface area (Å²) in [5, 5.41) is 0. The van der Waals surface area contributed by atoms with E-state index in [4.69, 9.17) is 32.2 Å². The van der Waals surface area contributed by atoms with E-state index in [0.29, 0.717) is 71.9 Å². The average Bonchev–Trinajstić information content (AvgIpc) is 3.71. The number of epoxide rings is 2. The van der Waals surface area contributed by atoms with Crippen LogP contribution in [0, 0.1) is 11.8 Å². The number of hydrogen-bond acceptors (Lipinski definition) is 10. The van der Waals surface area contributed by atoms with Crippen LogP contribution in [-0.2, 0) is 41.8 Å². The van der Waals surface area contributed by atoms with Crippen molar-refractivity contribution in [1.29, 1.82) is 0 Å². The highest BCUT2D eigenvalue weighted by Crippen LogP contribution is 2.20. The monoisotopic (exact) mass is 505 g/mol. The van der Waals surface area contributed by atoms with Gasteiger partial charge in [-0.05, 0) is 33.7 Å². The third-order valence-corrected chi connectivity index (χ3v) is 8.70. The van der Waals surface area contributed by atoms with Crippen molar-refractivity contribution in [2.24, 2.45) is 11.8 Å². The van der Waals surface area contributed by atoms with Crippen molar-refractivity contribution in [1.82, 2.24) is 4.90 Å². The van der Waals surface area contributed by atoms with Crippen molar-refractivity contribution in [3.8, 4) is 0 Å². The number of carbonyl (C=O) groups excluding carboxylic acids is 2. The lowest BCUT2D eigenvalue weighted by atomic mass is 10.1. The Kier molecular flexibility index (Phi) is 13.0. The maximum Gasteiger partial charge on any atom is 0.500 e. The summed E-state index contributed by atoms with van der Waals surface area (Å²) in [5.74, 6) is -1.20. The van der Waals surface area contributed by atoms with Gasteiger partial charge in [-0.2, -0.15) is 0 Å². The molecule has 2 rings (SSSR count). The van der Waals surface area contributed by atoms with Crippen LogP contribution in [0.4, 0.5) is 0 Å². The fourth-order valence-electron chi connectivity index (χ4n) is 3.66. The minimum Gasteiger partial charge on any atom is -0.463 e. The van der Waals surface area contributed by atoms with E-state index < -0.39 is 8.80 Å². The summed E-state index contributed by atoms with van der Waals surface area (Å²) in [6.07, 6.45) is 0.819. The van der Waals surface area contributed by atoms with Gasteiger partial charge in [0.15, 0.2) is 0 Å². The molecule has 0 spiro atoms. The number of esters is 2. The molecule has 0 bridgehead atoms. The van der Waals surface area contributed by atoms with Crippen LogP contribution >= 0.6 is 0 Å². The third kappa shape index (κ3) is 11.1. The number of ether oxygens (including phenoxy) is 4. The molecule has 0 radical (unpaired) electrons. The van der Waals surface area contributed by atoms with Gasteiger partial charge in [-0.25, -0.2) is 0 Å². The van der Waals surface area contributed by atoms with Crippen LogP contribution in [0.5, 0.6) is 0 Å². The molecule has 198 valence electrons. The Morgan fingerprint density at radius 3 is 1.62 bits per heavy atom. The van der Waals surface area contributed by atoms with Crippen molar-refractivity contribution in [3.63, 3.8) is 0 Å². The van der Waals surface area contributed by atoms with Crippen LogP contribution in [0.2, 0.25) is 6.04 Å². The summed E-state index contributed by atoms with van der Waals surface area (Å²) in [6.45, 7) is 14.5. The van der Waals surface area contributed by atoms with Crippen molar-refractivity contribution in [3.05, 3.63) is 0 Å². The molecule has 0 saturated carbocycles. The van der Waals surface area contributed by atoms with E-state index in [-0.39, 0.29) is 36.0 Å². The smallest absolute Gasteiger partial charge is 0.463 e. The first-order valence-corrected chi connectivity index (χ1v) is 14.5. The summed E-state index contributed by atoms with van der Waals surface area (Å²) < 4.78 is 38.8. The van der Waals surface area contributed by atoms with Crippen LogP contribution < -0.4 is 0 Å². The van der Waals surface area contributed by atoms with Gasteiger partial charge in [0.1, 0.15) is 25.4 Å². The minimum atomic E-state index is -2.76. The Hall–Kier alpha value is -1.08.